The molecule has 220 valence electrons. The van der Waals surface area contributed by atoms with Crippen molar-refractivity contribution in [2.45, 2.75) is 31.8 Å². The third-order valence-corrected chi connectivity index (χ3v) is 9.17. The molecule has 4 heteroatoms. The van der Waals surface area contributed by atoms with Crippen LogP contribution in [0.4, 0.5) is 0 Å². The summed E-state index contributed by atoms with van der Waals surface area (Å²) in [6.45, 7) is 0.873. The van der Waals surface area contributed by atoms with Gasteiger partial charge in [0, 0.05) is 46.5 Å². The first-order chi connectivity index (χ1) is 22.2. The third kappa shape index (κ3) is 5.08. The van der Waals surface area contributed by atoms with Gasteiger partial charge in [0.25, 0.3) is 0 Å². The maximum absolute atomic E-state index is 6.51. The monoisotopic (exact) mass is 584 g/mol. The van der Waals surface area contributed by atoms with Crippen LogP contribution in [-0.4, -0.2) is 10.6 Å². The maximum atomic E-state index is 6.51. The fraction of sp³-hybridized carbons (Fsp3) is 0.122. The van der Waals surface area contributed by atoms with Crippen LogP contribution in [-0.2, 0) is 13.0 Å². The van der Waals surface area contributed by atoms with E-state index in [1.807, 2.05) is 6.08 Å². The minimum atomic E-state index is 0.208. The smallest absolute Gasteiger partial charge is 0.0529 e. The predicted octanol–water partition coefficient (Wildman–Crippen LogP) is 8.63. The zero-order valence-corrected chi connectivity index (χ0v) is 25.2. The quantitative estimate of drug-likeness (QED) is 0.138. The molecule has 2 aliphatic heterocycles. The van der Waals surface area contributed by atoms with Crippen LogP contribution in [0.25, 0.3) is 50.8 Å². The Morgan fingerprint density at radius 1 is 0.933 bits per heavy atom. The number of aromatic nitrogens is 1. The summed E-state index contributed by atoms with van der Waals surface area (Å²) in [4.78, 5) is 0. The first-order valence-corrected chi connectivity index (χ1v) is 15.9. The zero-order valence-electron chi connectivity index (χ0n) is 25.2. The highest BCUT2D eigenvalue weighted by atomic mass is 15.0. The molecule has 3 heterocycles. The molecule has 4 aromatic carbocycles. The summed E-state index contributed by atoms with van der Waals surface area (Å²) in [6, 6.07) is 28.5. The number of nitrogens with two attached hydrogens (primary N) is 1. The number of rotatable bonds is 6. The van der Waals surface area contributed by atoms with Crippen molar-refractivity contribution in [2.24, 2.45) is 5.73 Å². The molecule has 0 radical (unpaired) electrons. The van der Waals surface area contributed by atoms with Crippen LogP contribution in [0.3, 0.4) is 0 Å². The van der Waals surface area contributed by atoms with Gasteiger partial charge in [-0.3, -0.25) is 0 Å². The molecule has 0 fully saturated rings. The van der Waals surface area contributed by atoms with Gasteiger partial charge >= 0.3 is 0 Å². The first-order valence-electron chi connectivity index (χ1n) is 15.9. The number of hydrogen-bond donors (Lipinski definition) is 3. The van der Waals surface area contributed by atoms with Gasteiger partial charge in [-0.05, 0) is 94.6 Å². The van der Waals surface area contributed by atoms with Crippen LogP contribution in [0.1, 0.15) is 46.5 Å². The number of hydrogen-bond acceptors (Lipinski definition) is 3. The lowest BCUT2D eigenvalue weighted by atomic mass is 9.99. The number of nitrogens with zero attached hydrogens (tertiary/aromatic N) is 1. The summed E-state index contributed by atoms with van der Waals surface area (Å²) in [7, 11) is 0. The topological polar surface area (TPSA) is 55.0 Å². The minimum Gasteiger partial charge on any atom is -0.398 e. The van der Waals surface area contributed by atoms with Crippen LogP contribution in [0, 0.1) is 0 Å². The lowest BCUT2D eigenvalue weighted by Gasteiger charge is -2.22. The van der Waals surface area contributed by atoms with Crippen molar-refractivity contribution < 1.29 is 0 Å². The second-order valence-electron chi connectivity index (χ2n) is 12.0. The molecule has 3 aliphatic rings. The fourth-order valence-corrected chi connectivity index (χ4v) is 6.93. The second-order valence-corrected chi connectivity index (χ2v) is 12.0. The molecule has 0 bridgehead atoms. The largest absolute Gasteiger partial charge is 0.398 e. The summed E-state index contributed by atoms with van der Waals surface area (Å²) in [6.07, 6.45) is 24.7. The van der Waals surface area contributed by atoms with Crippen LogP contribution in [0.2, 0.25) is 0 Å². The van der Waals surface area contributed by atoms with Gasteiger partial charge in [-0.1, -0.05) is 97.1 Å². The molecule has 8 rings (SSSR count). The van der Waals surface area contributed by atoms with Crippen molar-refractivity contribution in [2.75, 3.05) is 0 Å². The van der Waals surface area contributed by atoms with E-state index in [1.54, 1.807) is 0 Å². The Bertz CT molecular complexity index is 2130. The van der Waals surface area contributed by atoms with Crippen LogP contribution >= 0.6 is 0 Å². The molecule has 5 aromatic rings. The highest BCUT2D eigenvalue weighted by Gasteiger charge is 2.23. The van der Waals surface area contributed by atoms with Gasteiger partial charge in [-0.25, -0.2) is 0 Å². The molecule has 1 aromatic heterocycles. The van der Waals surface area contributed by atoms with Crippen molar-refractivity contribution in [3.63, 3.8) is 0 Å². The fourth-order valence-electron chi connectivity index (χ4n) is 6.93. The Morgan fingerprint density at radius 2 is 1.84 bits per heavy atom. The van der Waals surface area contributed by atoms with Crippen molar-refractivity contribution in [1.82, 2.24) is 15.2 Å². The van der Waals surface area contributed by atoms with Crippen molar-refractivity contribution >= 4 is 45.1 Å². The van der Waals surface area contributed by atoms with Gasteiger partial charge in [-0.2, -0.15) is 0 Å². The van der Waals surface area contributed by atoms with E-state index in [4.69, 9.17) is 5.73 Å². The Balaban J connectivity index is 0.969. The molecule has 1 unspecified atom stereocenters. The van der Waals surface area contributed by atoms with E-state index in [0.29, 0.717) is 0 Å². The maximum Gasteiger partial charge on any atom is 0.0529 e. The summed E-state index contributed by atoms with van der Waals surface area (Å²) in [5, 5.41) is 12.1. The Kier molecular flexibility index (Phi) is 6.95. The highest BCUT2D eigenvalue weighted by molar-refractivity contribution is 6.08. The van der Waals surface area contributed by atoms with Gasteiger partial charge in [0.05, 0.1) is 5.69 Å². The summed E-state index contributed by atoms with van der Waals surface area (Å²) in [5.41, 5.74) is 17.3. The first kappa shape index (κ1) is 27.1. The van der Waals surface area contributed by atoms with E-state index < -0.39 is 0 Å². The molecule has 45 heavy (non-hydrogen) atoms. The second kappa shape index (κ2) is 11.5. The van der Waals surface area contributed by atoms with E-state index in [1.165, 1.54) is 55.3 Å². The molecule has 0 saturated carbocycles. The van der Waals surface area contributed by atoms with Gasteiger partial charge in [-0.15, -0.1) is 0 Å². The zero-order chi connectivity index (χ0) is 30.2. The van der Waals surface area contributed by atoms with Crippen molar-refractivity contribution in [1.29, 1.82) is 0 Å². The van der Waals surface area contributed by atoms with E-state index in [0.717, 1.165) is 42.8 Å². The summed E-state index contributed by atoms with van der Waals surface area (Å²) >= 11 is 0. The van der Waals surface area contributed by atoms with E-state index in [2.05, 4.69) is 149 Å². The lowest BCUT2D eigenvalue weighted by Crippen LogP contribution is -2.27. The summed E-state index contributed by atoms with van der Waals surface area (Å²) < 4.78 is 2.46. The lowest BCUT2D eigenvalue weighted by molar-refractivity contribution is 0.717. The standard InChI is InChI=1S/C41H36N4/c42-38(30-21-22-35-29(25-30)20-19-28-9-1-3-14-34(28)35)16-5-2-11-32-12-8-17-39(44-32)31-10-7-13-33(26-31)45-40-18-6-4-15-36(40)37-27-43-24-23-41(37)45/h1-5,7-10,12-17,19-26,32,43-44H,6,11,18,27,42H2/b5-2-,38-16-. The van der Waals surface area contributed by atoms with Gasteiger partial charge < -0.3 is 20.9 Å². The molecule has 4 nitrogen and oxygen atoms in total. The normalized spacial score (nSPS) is 17.3. The van der Waals surface area contributed by atoms with Crippen molar-refractivity contribution in [3.8, 4) is 5.69 Å². The van der Waals surface area contributed by atoms with Crippen LogP contribution in [0.15, 0.2) is 128 Å². The average Bonchev–Trinajstić information content (AvgIpc) is 3.44. The van der Waals surface area contributed by atoms with E-state index in [9.17, 15) is 0 Å². The number of benzene rings is 4. The molecule has 0 amide bonds. The van der Waals surface area contributed by atoms with Gasteiger partial charge in [0.2, 0.25) is 0 Å². The molecule has 1 atom stereocenters. The Hall–Kier alpha value is -5.48. The highest BCUT2D eigenvalue weighted by Crippen LogP contribution is 2.35. The Morgan fingerprint density at radius 3 is 2.82 bits per heavy atom. The molecule has 4 N–H and O–H groups in total. The number of nitrogens with one attached hydrogen (secondary N) is 2. The SMILES string of the molecule is N/C(=C\C=C/CC1C=CC=C(c2cccc(-n3c4c(c5c3CCC=C5)CNC=C4)c2)N1)c1ccc2c(ccc3ccccc32)c1. The molecule has 0 saturated heterocycles. The molecular weight excluding hydrogens is 548 g/mol. The third-order valence-electron chi connectivity index (χ3n) is 9.17. The number of fused-ring (bicyclic) bond motifs is 6. The number of dihydropyridines is 1. The molecule has 1 aliphatic carbocycles. The van der Waals surface area contributed by atoms with Crippen molar-refractivity contribution in [3.05, 3.63) is 161 Å². The van der Waals surface area contributed by atoms with E-state index in [-0.39, 0.29) is 6.04 Å². The average molecular weight is 585 g/mol. The van der Waals surface area contributed by atoms with Gasteiger partial charge in [0.15, 0.2) is 0 Å². The Labute approximate surface area is 264 Å². The molecular formula is C41H36N4. The predicted molar refractivity (Wildman–Crippen MR) is 190 cm³/mol. The van der Waals surface area contributed by atoms with E-state index >= 15 is 0 Å². The van der Waals surface area contributed by atoms with Crippen LogP contribution < -0.4 is 16.4 Å². The summed E-state index contributed by atoms with van der Waals surface area (Å²) in [5.74, 6) is 0. The van der Waals surface area contributed by atoms with Crippen LogP contribution in [0.5, 0.6) is 0 Å². The molecule has 0 spiro atoms. The number of allylic oxidation sites excluding steroid dienone is 5. The minimum absolute atomic E-state index is 0.208. The van der Waals surface area contributed by atoms with Gasteiger partial charge in [0.1, 0.15) is 0 Å².